The molecule has 2 N–H and O–H groups in total. The first-order valence-electron chi connectivity index (χ1n) is 4.39. The summed E-state index contributed by atoms with van der Waals surface area (Å²) in [4.78, 5) is 6.35. The van der Waals surface area contributed by atoms with Gasteiger partial charge in [-0.05, 0) is 19.8 Å². The molecule has 0 bridgehead atoms. The van der Waals surface area contributed by atoms with Crippen LogP contribution in [0.5, 0.6) is 0 Å². The number of nitrogens with two attached hydrogens (primary N) is 1. The fourth-order valence-electron chi connectivity index (χ4n) is 1.26. The van der Waals surface area contributed by atoms with Gasteiger partial charge in [-0.15, -0.1) is 0 Å². The third-order valence-electron chi connectivity index (χ3n) is 1.94. The van der Waals surface area contributed by atoms with Crippen LogP contribution in [0.25, 0.3) is 0 Å². The van der Waals surface area contributed by atoms with Crippen LogP contribution in [0.3, 0.4) is 0 Å². The highest BCUT2D eigenvalue weighted by atomic mass is 15.3. The maximum absolute atomic E-state index is 5.76. The number of hydrogen-bond donors (Lipinski definition) is 1. The van der Waals surface area contributed by atoms with E-state index in [-0.39, 0.29) is 0 Å². The summed E-state index contributed by atoms with van der Waals surface area (Å²) in [5, 5.41) is 0. The molecule has 0 aliphatic carbocycles. The summed E-state index contributed by atoms with van der Waals surface area (Å²) < 4.78 is 0. The number of rotatable bonds is 2. The Morgan fingerprint density at radius 3 is 2.58 bits per heavy atom. The molecule has 1 aliphatic rings. The lowest BCUT2D eigenvalue weighted by Crippen LogP contribution is -2.35. The van der Waals surface area contributed by atoms with Gasteiger partial charge in [-0.3, -0.25) is 0 Å². The van der Waals surface area contributed by atoms with Crippen molar-refractivity contribution < 1.29 is 0 Å². The van der Waals surface area contributed by atoms with E-state index in [1.807, 2.05) is 6.92 Å². The van der Waals surface area contributed by atoms with Gasteiger partial charge in [0.2, 0.25) is 0 Å². The molecule has 0 radical (unpaired) electrons. The Morgan fingerprint density at radius 2 is 2.08 bits per heavy atom. The summed E-state index contributed by atoms with van der Waals surface area (Å²) in [6, 6.07) is 0. The van der Waals surface area contributed by atoms with E-state index in [1.54, 1.807) is 0 Å². The summed E-state index contributed by atoms with van der Waals surface area (Å²) in [7, 11) is 0. The maximum atomic E-state index is 5.76. The zero-order valence-electron chi connectivity index (χ0n) is 7.71. The molecule has 1 saturated heterocycles. The lowest BCUT2D eigenvalue weighted by Gasteiger charge is -2.15. The van der Waals surface area contributed by atoms with Gasteiger partial charge in [-0.1, -0.05) is 12.2 Å². The van der Waals surface area contributed by atoms with E-state index in [4.69, 9.17) is 5.73 Å². The first kappa shape index (κ1) is 9.10. The molecule has 3 nitrogen and oxygen atoms in total. The SMILES string of the molecule is C=C(C)CN=C(N)N1CCCC1. The monoisotopic (exact) mass is 167 g/mol. The molecule has 3 heteroatoms. The quantitative estimate of drug-likeness (QED) is 0.378. The van der Waals surface area contributed by atoms with Crippen LogP contribution in [0.1, 0.15) is 19.8 Å². The highest BCUT2D eigenvalue weighted by Crippen LogP contribution is 2.06. The third-order valence-corrected chi connectivity index (χ3v) is 1.94. The molecule has 0 saturated carbocycles. The van der Waals surface area contributed by atoms with Crippen LogP contribution in [0.2, 0.25) is 0 Å². The third kappa shape index (κ3) is 2.57. The molecule has 0 aromatic rings. The highest BCUT2D eigenvalue weighted by Gasteiger charge is 2.12. The smallest absolute Gasteiger partial charge is 0.191 e. The molecular formula is C9H17N3. The lowest BCUT2D eigenvalue weighted by molar-refractivity contribution is 0.511. The van der Waals surface area contributed by atoms with Crippen molar-refractivity contribution in [1.82, 2.24) is 4.90 Å². The second kappa shape index (κ2) is 4.14. The van der Waals surface area contributed by atoms with E-state index in [0.29, 0.717) is 12.5 Å². The van der Waals surface area contributed by atoms with Crippen molar-refractivity contribution >= 4 is 5.96 Å². The minimum atomic E-state index is 0.655. The Balaban J connectivity index is 2.39. The Morgan fingerprint density at radius 1 is 1.50 bits per heavy atom. The molecule has 0 spiro atoms. The summed E-state index contributed by atoms with van der Waals surface area (Å²) in [5.74, 6) is 0.676. The molecule has 0 unspecified atom stereocenters. The first-order valence-corrected chi connectivity index (χ1v) is 4.39. The Hall–Kier alpha value is -0.990. The van der Waals surface area contributed by atoms with Crippen LogP contribution in [0.4, 0.5) is 0 Å². The standard InChI is InChI=1S/C9H17N3/c1-8(2)7-11-9(10)12-5-3-4-6-12/h1,3-7H2,2H3,(H2,10,11). The molecule has 0 aromatic carbocycles. The summed E-state index contributed by atoms with van der Waals surface area (Å²) in [6.07, 6.45) is 2.48. The largest absolute Gasteiger partial charge is 0.370 e. The average Bonchev–Trinajstić information content (AvgIpc) is 2.51. The molecule has 1 aliphatic heterocycles. The zero-order valence-corrected chi connectivity index (χ0v) is 7.71. The van der Waals surface area contributed by atoms with Crippen molar-refractivity contribution in [2.24, 2.45) is 10.7 Å². The van der Waals surface area contributed by atoms with Crippen molar-refractivity contribution in [3.05, 3.63) is 12.2 Å². The van der Waals surface area contributed by atoms with Gasteiger partial charge in [0.25, 0.3) is 0 Å². The van der Waals surface area contributed by atoms with Crippen LogP contribution in [0, 0.1) is 0 Å². The normalized spacial score (nSPS) is 18.4. The molecule has 1 rings (SSSR count). The average molecular weight is 167 g/mol. The maximum Gasteiger partial charge on any atom is 0.191 e. The van der Waals surface area contributed by atoms with Gasteiger partial charge >= 0.3 is 0 Å². The topological polar surface area (TPSA) is 41.6 Å². The van der Waals surface area contributed by atoms with E-state index in [1.165, 1.54) is 12.8 Å². The second-order valence-corrected chi connectivity index (χ2v) is 3.33. The predicted octanol–water partition coefficient (Wildman–Crippen LogP) is 0.973. The number of hydrogen-bond acceptors (Lipinski definition) is 1. The molecule has 12 heavy (non-hydrogen) atoms. The molecule has 68 valence electrons. The number of likely N-dealkylation sites (tertiary alicyclic amines) is 1. The molecule has 0 atom stereocenters. The summed E-state index contributed by atoms with van der Waals surface area (Å²) >= 11 is 0. The van der Waals surface area contributed by atoms with E-state index in [9.17, 15) is 0 Å². The van der Waals surface area contributed by atoms with Crippen LogP contribution < -0.4 is 5.73 Å². The van der Waals surface area contributed by atoms with E-state index in [0.717, 1.165) is 18.7 Å². The van der Waals surface area contributed by atoms with Crippen LogP contribution in [0.15, 0.2) is 17.1 Å². The molecule has 1 fully saturated rings. The fourth-order valence-corrected chi connectivity index (χ4v) is 1.26. The van der Waals surface area contributed by atoms with Gasteiger partial charge in [0.05, 0.1) is 6.54 Å². The van der Waals surface area contributed by atoms with Gasteiger partial charge in [0.1, 0.15) is 0 Å². The van der Waals surface area contributed by atoms with E-state index < -0.39 is 0 Å². The molecular weight excluding hydrogens is 150 g/mol. The van der Waals surface area contributed by atoms with Gasteiger partial charge in [0.15, 0.2) is 5.96 Å². The fraction of sp³-hybridized carbons (Fsp3) is 0.667. The zero-order chi connectivity index (χ0) is 8.97. The number of aliphatic imine (C=N–C) groups is 1. The van der Waals surface area contributed by atoms with Gasteiger partial charge < -0.3 is 10.6 Å². The van der Waals surface area contributed by atoms with Gasteiger partial charge in [-0.25, -0.2) is 4.99 Å². The Bertz CT molecular complexity index is 190. The minimum Gasteiger partial charge on any atom is -0.370 e. The lowest BCUT2D eigenvalue weighted by atomic mass is 10.4. The first-order chi connectivity index (χ1) is 5.70. The van der Waals surface area contributed by atoms with Crippen molar-refractivity contribution in [2.75, 3.05) is 19.6 Å². The van der Waals surface area contributed by atoms with Crippen LogP contribution in [-0.2, 0) is 0 Å². The summed E-state index contributed by atoms with van der Waals surface area (Å²) in [6.45, 7) is 8.51. The van der Waals surface area contributed by atoms with Crippen molar-refractivity contribution in [3.8, 4) is 0 Å². The molecule has 0 amide bonds. The molecule has 0 aromatic heterocycles. The number of guanidine groups is 1. The van der Waals surface area contributed by atoms with Gasteiger partial charge in [-0.2, -0.15) is 0 Å². The highest BCUT2D eigenvalue weighted by molar-refractivity contribution is 5.78. The van der Waals surface area contributed by atoms with Gasteiger partial charge in [0, 0.05) is 13.1 Å². The summed E-state index contributed by atoms with van der Waals surface area (Å²) in [5.41, 5.74) is 6.81. The molecule has 1 heterocycles. The minimum absolute atomic E-state index is 0.655. The van der Waals surface area contributed by atoms with Crippen LogP contribution >= 0.6 is 0 Å². The predicted molar refractivity (Wildman–Crippen MR) is 52.1 cm³/mol. The Labute approximate surface area is 74.0 Å². The van der Waals surface area contributed by atoms with Crippen molar-refractivity contribution in [1.29, 1.82) is 0 Å². The van der Waals surface area contributed by atoms with Crippen molar-refractivity contribution in [3.63, 3.8) is 0 Å². The second-order valence-electron chi connectivity index (χ2n) is 3.33. The van der Waals surface area contributed by atoms with E-state index >= 15 is 0 Å². The van der Waals surface area contributed by atoms with Crippen LogP contribution in [-0.4, -0.2) is 30.5 Å². The Kier molecular flexibility index (Phi) is 3.14. The van der Waals surface area contributed by atoms with E-state index in [2.05, 4.69) is 16.5 Å². The number of nitrogens with zero attached hydrogens (tertiary/aromatic N) is 2. The van der Waals surface area contributed by atoms with Crippen molar-refractivity contribution in [2.45, 2.75) is 19.8 Å².